The Morgan fingerprint density at radius 1 is 0.903 bits per heavy atom. The normalized spacial score (nSPS) is 14.0. The molecule has 1 saturated carbocycles. The van der Waals surface area contributed by atoms with Crippen LogP contribution in [0.15, 0.2) is 48.5 Å². The highest BCUT2D eigenvalue weighted by Gasteiger charge is 2.17. The van der Waals surface area contributed by atoms with E-state index in [-0.39, 0.29) is 24.3 Å². The van der Waals surface area contributed by atoms with Gasteiger partial charge in [0.1, 0.15) is 0 Å². The minimum absolute atomic E-state index is 0.0184. The third-order valence-corrected chi connectivity index (χ3v) is 5.63. The van der Waals surface area contributed by atoms with Gasteiger partial charge in [-0.15, -0.1) is 0 Å². The molecule has 3 N–H and O–H groups in total. The lowest BCUT2D eigenvalue weighted by molar-refractivity contribution is -0.126. The summed E-state index contributed by atoms with van der Waals surface area (Å²) < 4.78 is 0. The molecule has 0 radical (unpaired) electrons. The van der Waals surface area contributed by atoms with E-state index in [9.17, 15) is 14.4 Å². The van der Waals surface area contributed by atoms with Crippen LogP contribution in [0.3, 0.4) is 0 Å². The predicted molar refractivity (Wildman–Crippen MR) is 122 cm³/mol. The number of aryl methyl sites for hydroxylation is 1. The zero-order valence-corrected chi connectivity index (χ0v) is 18.1. The van der Waals surface area contributed by atoms with Gasteiger partial charge in [-0.1, -0.05) is 49.1 Å². The van der Waals surface area contributed by atoms with Crippen LogP contribution in [0.25, 0.3) is 0 Å². The van der Waals surface area contributed by atoms with Crippen LogP contribution < -0.4 is 16.0 Å². The van der Waals surface area contributed by atoms with Gasteiger partial charge in [0.2, 0.25) is 11.8 Å². The van der Waals surface area contributed by atoms with Crippen molar-refractivity contribution in [1.29, 1.82) is 0 Å². The molecule has 0 atom stereocenters. The number of carbonyl (C=O) groups is 3. The second-order valence-electron chi connectivity index (χ2n) is 8.28. The molecule has 3 rings (SSSR count). The molecule has 1 aliphatic carbocycles. The summed E-state index contributed by atoms with van der Waals surface area (Å²) >= 11 is 0. The SMILES string of the molecule is Cc1ccc(C(=O)Nc2cccc(CNC(=O)CNC(=O)CC3CCCCC3)c2)cc1. The Labute approximate surface area is 183 Å². The fraction of sp³-hybridized carbons (Fsp3) is 0.400. The maximum absolute atomic E-state index is 12.4. The minimum Gasteiger partial charge on any atom is -0.350 e. The van der Waals surface area contributed by atoms with Crippen LogP contribution in [0.4, 0.5) is 5.69 Å². The molecule has 0 aromatic heterocycles. The van der Waals surface area contributed by atoms with Crippen molar-refractivity contribution in [3.8, 4) is 0 Å². The first-order valence-electron chi connectivity index (χ1n) is 11.0. The van der Waals surface area contributed by atoms with E-state index in [1.807, 2.05) is 43.3 Å². The Kier molecular flexibility index (Phi) is 8.21. The van der Waals surface area contributed by atoms with Gasteiger partial charge in [0.05, 0.1) is 6.54 Å². The van der Waals surface area contributed by atoms with Crippen molar-refractivity contribution in [2.24, 2.45) is 5.92 Å². The standard InChI is InChI=1S/C25H31N3O3/c1-18-10-12-21(13-11-18)25(31)28-22-9-5-8-20(14-22)16-26-24(30)17-27-23(29)15-19-6-3-2-4-7-19/h5,8-14,19H,2-4,6-7,15-17H2,1H3,(H,26,30)(H,27,29)(H,28,31). The van der Waals surface area contributed by atoms with Crippen molar-refractivity contribution in [3.63, 3.8) is 0 Å². The van der Waals surface area contributed by atoms with Gasteiger partial charge in [0, 0.05) is 24.2 Å². The number of anilines is 1. The first-order valence-corrected chi connectivity index (χ1v) is 11.0. The number of nitrogens with one attached hydrogen (secondary N) is 3. The van der Waals surface area contributed by atoms with E-state index >= 15 is 0 Å². The third kappa shape index (κ3) is 7.55. The topological polar surface area (TPSA) is 87.3 Å². The summed E-state index contributed by atoms with van der Waals surface area (Å²) in [6.45, 7) is 2.28. The summed E-state index contributed by atoms with van der Waals surface area (Å²) in [5, 5.41) is 8.40. The molecule has 6 nitrogen and oxygen atoms in total. The van der Waals surface area contributed by atoms with Gasteiger partial charge in [-0.05, 0) is 55.5 Å². The lowest BCUT2D eigenvalue weighted by Crippen LogP contribution is -2.37. The second-order valence-corrected chi connectivity index (χ2v) is 8.28. The monoisotopic (exact) mass is 421 g/mol. The van der Waals surface area contributed by atoms with E-state index in [0.29, 0.717) is 30.1 Å². The average Bonchev–Trinajstić information content (AvgIpc) is 2.77. The summed E-state index contributed by atoms with van der Waals surface area (Å²) in [6, 6.07) is 14.7. The maximum Gasteiger partial charge on any atom is 0.255 e. The van der Waals surface area contributed by atoms with Crippen LogP contribution in [-0.2, 0) is 16.1 Å². The molecule has 0 aliphatic heterocycles. The number of carbonyl (C=O) groups excluding carboxylic acids is 3. The van der Waals surface area contributed by atoms with Crippen molar-refractivity contribution < 1.29 is 14.4 Å². The Morgan fingerprint density at radius 2 is 1.65 bits per heavy atom. The first-order chi connectivity index (χ1) is 15.0. The number of hydrogen-bond donors (Lipinski definition) is 3. The molecular formula is C25H31N3O3. The minimum atomic E-state index is -0.230. The predicted octanol–water partition coefficient (Wildman–Crippen LogP) is 3.95. The van der Waals surface area contributed by atoms with Crippen LogP contribution in [-0.4, -0.2) is 24.3 Å². The zero-order valence-electron chi connectivity index (χ0n) is 18.1. The molecule has 1 aliphatic rings. The summed E-state index contributed by atoms with van der Waals surface area (Å²) in [5.74, 6) is -0.00881. The smallest absolute Gasteiger partial charge is 0.255 e. The molecule has 31 heavy (non-hydrogen) atoms. The Bertz CT molecular complexity index is 902. The molecule has 1 fully saturated rings. The number of benzene rings is 2. The summed E-state index contributed by atoms with van der Waals surface area (Å²) in [4.78, 5) is 36.5. The Hall–Kier alpha value is -3.15. The molecule has 2 aromatic carbocycles. The highest BCUT2D eigenvalue weighted by Crippen LogP contribution is 2.26. The van der Waals surface area contributed by atoms with Gasteiger partial charge >= 0.3 is 0 Å². The van der Waals surface area contributed by atoms with E-state index in [1.165, 1.54) is 19.3 Å². The van der Waals surface area contributed by atoms with Crippen LogP contribution >= 0.6 is 0 Å². The van der Waals surface area contributed by atoms with Crippen molar-refractivity contribution in [2.75, 3.05) is 11.9 Å². The largest absolute Gasteiger partial charge is 0.350 e. The zero-order chi connectivity index (χ0) is 22.1. The fourth-order valence-corrected chi connectivity index (χ4v) is 3.83. The molecule has 0 bridgehead atoms. The molecule has 0 spiro atoms. The van der Waals surface area contributed by atoms with Crippen molar-refractivity contribution in [2.45, 2.75) is 52.0 Å². The summed E-state index contributed by atoms with van der Waals surface area (Å²) in [7, 11) is 0. The Balaban J connectivity index is 1.41. The highest BCUT2D eigenvalue weighted by molar-refractivity contribution is 6.04. The van der Waals surface area contributed by atoms with E-state index < -0.39 is 0 Å². The number of rotatable bonds is 8. The Morgan fingerprint density at radius 3 is 2.39 bits per heavy atom. The van der Waals surface area contributed by atoms with Crippen LogP contribution in [0.5, 0.6) is 0 Å². The number of amides is 3. The highest BCUT2D eigenvalue weighted by atomic mass is 16.2. The molecule has 2 aromatic rings. The lowest BCUT2D eigenvalue weighted by Gasteiger charge is -2.20. The molecule has 0 unspecified atom stereocenters. The third-order valence-electron chi connectivity index (χ3n) is 5.63. The summed E-state index contributed by atoms with van der Waals surface area (Å²) in [5.41, 5.74) is 3.22. The molecule has 6 heteroatoms. The van der Waals surface area contributed by atoms with E-state index in [1.54, 1.807) is 12.1 Å². The quantitative estimate of drug-likeness (QED) is 0.603. The van der Waals surface area contributed by atoms with E-state index in [4.69, 9.17) is 0 Å². The fourth-order valence-electron chi connectivity index (χ4n) is 3.83. The van der Waals surface area contributed by atoms with Crippen molar-refractivity contribution in [1.82, 2.24) is 10.6 Å². The molecule has 0 heterocycles. The maximum atomic E-state index is 12.4. The molecule has 0 saturated heterocycles. The molecule has 3 amide bonds. The lowest BCUT2D eigenvalue weighted by atomic mass is 9.87. The summed E-state index contributed by atoms with van der Waals surface area (Å²) in [6.07, 6.45) is 6.38. The first kappa shape index (κ1) is 22.5. The molecular weight excluding hydrogens is 390 g/mol. The van der Waals surface area contributed by atoms with E-state index in [2.05, 4.69) is 16.0 Å². The van der Waals surface area contributed by atoms with Gasteiger partial charge in [0.15, 0.2) is 0 Å². The number of hydrogen-bond acceptors (Lipinski definition) is 3. The van der Waals surface area contributed by atoms with Crippen molar-refractivity contribution >= 4 is 23.4 Å². The van der Waals surface area contributed by atoms with Crippen LogP contribution in [0, 0.1) is 12.8 Å². The second kappa shape index (κ2) is 11.3. The van der Waals surface area contributed by atoms with Crippen molar-refractivity contribution in [3.05, 3.63) is 65.2 Å². The van der Waals surface area contributed by atoms with E-state index in [0.717, 1.165) is 24.0 Å². The van der Waals surface area contributed by atoms with Gasteiger partial charge in [0.25, 0.3) is 5.91 Å². The van der Waals surface area contributed by atoms with Crippen LogP contribution in [0.1, 0.15) is 60.0 Å². The average molecular weight is 422 g/mol. The van der Waals surface area contributed by atoms with Crippen LogP contribution in [0.2, 0.25) is 0 Å². The van der Waals surface area contributed by atoms with Gasteiger partial charge in [-0.25, -0.2) is 0 Å². The molecule has 164 valence electrons. The van der Waals surface area contributed by atoms with Gasteiger partial charge in [-0.3, -0.25) is 14.4 Å². The van der Waals surface area contributed by atoms with Gasteiger partial charge in [-0.2, -0.15) is 0 Å². The van der Waals surface area contributed by atoms with Gasteiger partial charge < -0.3 is 16.0 Å².